The fourth-order valence-electron chi connectivity index (χ4n) is 2.32. The van der Waals surface area contributed by atoms with E-state index in [9.17, 15) is 4.39 Å². The van der Waals surface area contributed by atoms with Crippen molar-refractivity contribution < 1.29 is 4.39 Å². The summed E-state index contributed by atoms with van der Waals surface area (Å²) < 4.78 is 13.3. The molecule has 20 heavy (non-hydrogen) atoms. The molecule has 3 heteroatoms. The van der Waals surface area contributed by atoms with Crippen molar-refractivity contribution in [2.24, 2.45) is 0 Å². The molecule has 1 heterocycles. The molecule has 0 radical (unpaired) electrons. The fourth-order valence-corrected chi connectivity index (χ4v) is 2.32. The third-order valence-corrected chi connectivity index (χ3v) is 3.37. The van der Waals surface area contributed by atoms with Gasteiger partial charge in [0.05, 0.1) is 5.52 Å². The van der Waals surface area contributed by atoms with Crippen molar-refractivity contribution in [2.75, 3.05) is 5.32 Å². The molecule has 1 N–H and O–H groups in total. The van der Waals surface area contributed by atoms with E-state index in [-0.39, 0.29) is 11.9 Å². The van der Waals surface area contributed by atoms with Crippen LogP contribution in [0.4, 0.5) is 10.1 Å². The van der Waals surface area contributed by atoms with E-state index in [1.807, 2.05) is 43.3 Å². The minimum Gasteiger partial charge on any atom is -0.378 e. The Morgan fingerprint density at radius 1 is 1.05 bits per heavy atom. The molecule has 0 aliphatic heterocycles. The lowest BCUT2D eigenvalue weighted by atomic mass is 10.1. The second kappa shape index (κ2) is 5.29. The van der Waals surface area contributed by atoms with Crippen LogP contribution in [0.15, 0.2) is 60.8 Å². The number of nitrogens with zero attached hydrogens (tertiary/aromatic N) is 1. The topological polar surface area (TPSA) is 24.9 Å². The average Bonchev–Trinajstić information content (AvgIpc) is 2.47. The summed E-state index contributed by atoms with van der Waals surface area (Å²) in [5, 5.41) is 4.49. The predicted molar refractivity (Wildman–Crippen MR) is 80.2 cm³/mol. The van der Waals surface area contributed by atoms with Gasteiger partial charge in [0.2, 0.25) is 0 Å². The van der Waals surface area contributed by atoms with Gasteiger partial charge in [-0.05, 0) is 48.9 Å². The Labute approximate surface area is 117 Å². The van der Waals surface area contributed by atoms with Gasteiger partial charge in [0.1, 0.15) is 5.82 Å². The van der Waals surface area contributed by atoms with Gasteiger partial charge >= 0.3 is 0 Å². The summed E-state index contributed by atoms with van der Waals surface area (Å²) in [7, 11) is 0. The van der Waals surface area contributed by atoms with Crippen molar-refractivity contribution in [2.45, 2.75) is 13.0 Å². The third kappa shape index (κ3) is 2.48. The molecule has 2 nitrogen and oxygen atoms in total. The highest BCUT2D eigenvalue weighted by Crippen LogP contribution is 2.26. The van der Waals surface area contributed by atoms with Gasteiger partial charge in [-0.1, -0.05) is 18.2 Å². The van der Waals surface area contributed by atoms with Crippen LogP contribution >= 0.6 is 0 Å². The van der Waals surface area contributed by atoms with Gasteiger partial charge in [-0.2, -0.15) is 0 Å². The van der Waals surface area contributed by atoms with Gasteiger partial charge in [-0.3, -0.25) is 4.98 Å². The van der Waals surface area contributed by atoms with Gasteiger partial charge in [-0.15, -0.1) is 0 Å². The Morgan fingerprint density at radius 3 is 2.75 bits per heavy atom. The van der Waals surface area contributed by atoms with Crippen LogP contribution in [-0.4, -0.2) is 4.98 Å². The van der Waals surface area contributed by atoms with Crippen molar-refractivity contribution in [3.63, 3.8) is 0 Å². The van der Waals surface area contributed by atoms with Gasteiger partial charge in [0.25, 0.3) is 0 Å². The van der Waals surface area contributed by atoms with Crippen molar-refractivity contribution in [1.82, 2.24) is 4.98 Å². The highest BCUT2D eigenvalue weighted by atomic mass is 19.1. The Morgan fingerprint density at radius 2 is 1.90 bits per heavy atom. The molecule has 1 unspecified atom stereocenters. The zero-order chi connectivity index (χ0) is 13.9. The van der Waals surface area contributed by atoms with E-state index in [1.54, 1.807) is 18.3 Å². The summed E-state index contributed by atoms with van der Waals surface area (Å²) in [6.07, 6.45) is 1.78. The van der Waals surface area contributed by atoms with Crippen molar-refractivity contribution in [3.05, 3.63) is 72.2 Å². The molecular weight excluding hydrogens is 251 g/mol. The largest absolute Gasteiger partial charge is 0.378 e. The molecule has 0 fully saturated rings. The number of hydrogen-bond acceptors (Lipinski definition) is 2. The average molecular weight is 266 g/mol. The van der Waals surface area contributed by atoms with E-state index in [0.29, 0.717) is 0 Å². The zero-order valence-corrected chi connectivity index (χ0v) is 11.2. The van der Waals surface area contributed by atoms with Crippen LogP contribution in [0.3, 0.4) is 0 Å². The lowest BCUT2D eigenvalue weighted by Gasteiger charge is -2.17. The molecule has 3 aromatic rings. The van der Waals surface area contributed by atoms with Crippen LogP contribution in [0.5, 0.6) is 0 Å². The van der Waals surface area contributed by atoms with Crippen molar-refractivity contribution in [3.8, 4) is 0 Å². The van der Waals surface area contributed by atoms with Crippen LogP contribution in [0.25, 0.3) is 10.9 Å². The molecular formula is C17H15FN2. The Bertz CT molecular complexity index is 734. The van der Waals surface area contributed by atoms with E-state index < -0.39 is 0 Å². The lowest BCUT2D eigenvalue weighted by Crippen LogP contribution is -2.07. The predicted octanol–water partition coefficient (Wildman–Crippen LogP) is 4.55. The monoisotopic (exact) mass is 266 g/mol. The highest BCUT2D eigenvalue weighted by molar-refractivity contribution is 5.91. The molecule has 0 saturated heterocycles. The van der Waals surface area contributed by atoms with E-state index in [1.165, 1.54) is 6.07 Å². The van der Waals surface area contributed by atoms with Gasteiger partial charge in [0.15, 0.2) is 0 Å². The maximum absolute atomic E-state index is 13.3. The molecule has 0 aliphatic carbocycles. The number of anilines is 1. The zero-order valence-electron chi connectivity index (χ0n) is 11.2. The van der Waals surface area contributed by atoms with Crippen LogP contribution in [0.1, 0.15) is 18.5 Å². The first-order chi connectivity index (χ1) is 9.74. The quantitative estimate of drug-likeness (QED) is 0.752. The Kier molecular flexibility index (Phi) is 3.33. The summed E-state index contributed by atoms with van der Waals surface area (Å²) in [6.45, 7) is 2.02. The number of benzene rings is 2. The first-order valence-electron chi connectivity index (χ1n) is 6.60. The van der Waals surface area contributed by atoms with E-state index >= 15 is 0 Å². The number of halogens is 1. The third-order valence-electron chi connectivity index (χ3n) is 3.37. The molecule has 0 saturated carbocycles. The SMILES string of the molecule is CC(Nc1cccc2ncccc12)c1cccc(F)c1. The van der Waals surface area contributed by atoms with Gasteiger partial charge in [0, 0.05) is 23.3 Å². The second-order valence-corrected chi connectivity index (χ2v) is 4.80. The molecule has 0 bridgehead atoms. The van der Waals surface area contributed by atoms with Crippen molar-refractivity contribution in [1.29, 1.82) is 0 Å². The maximum atomic E-state index is 13.3. The summed E-state index contributed by atoms with van der Waals surface area (Å²) in [4.78, 5) is 4.34. The first-order valence-corrected chi connectivity index (χ1v) is 6.60. The summed E-state index contributed by atoms with van der Waals surface area (Å²) in [6, 6.07) is 16.6. The number of rotatable bonds is 3. The molecule has 2 aromatic carbocycles. The molecule has 100 valence electrons. The lowest BCUT2D eigenvalue weighted by molar-refractivity contribution is 0.623. The summed E-state index contributed by atoms with van der Waals surface area (Å²) in [5.74, 6) is -0.212. The van der Waals surface area contributed by atoms with E-state index in [4.69, 9.17) is 0 Å². The number of fused-ring (bicyclic) bond motifs is 1. The van der Waals surface area contributed by atoms with Gasteiger partial charge < -0.3 is 5.32 Å². The minimum absolute atomic E-state index is 0.0245. The standard InChI is InChI=1S/C17H15FN2/c1-12(13-5-2-6-14(18)11-13)20-17-9-3-8-16-15(17)7-4-10-19-16/h2-12,20H,1H3. The normalized spacial score (nSPS) is 12.3. The Balaban J connectivity index is 1.93. The summed E-state index contributed by atoms with van der Waals surface area (Å²) >= 11 is 0. The molecule has 0 aliphatic rings. The number of hydrogen-bond donors (Lipinski definition) is 1. The molecule has 1 aromatic heterocycles. The van der Waals surface area contributed by atoms with E-state index in [2.05, 4.69) is 10.3 Å². The smallest absolute Gasteiger partial charge is 0.123 e. The number of pyridine rings is 1. The molecule has 0 amide bonds. The molecule has 1 atom stereocenters. The first kappa shape index (κ1) is 12.6. The molecule has 0 spiro atoms. The minimum atomic E-state index is -0.212. The highest BCUT2D eigenvalue weighted by Gasteiger charge is 2.08. The van der Waals surface area contributed by atoms with Gasteiger partial charge in [-0.25, -0.2) is 4.39 Å². The molecule has 3 rings (SSSR count). The summed E-state index contributed by atoms with van der Waals surface area (Å²) in [5.41, 5.74) is 2.88. The van der Waals surface area contributed by atoms with Crippen LogP contribution in [-0.2, 0) is 0 Å². The number of aromatic nitrogens is 1. The van der Waals surface area contributed by atoms with Crippen LogP contribution in [0.2, 0.25) is 0 Å². The van der Waals surface area contributed by atoms with E-state index in [0.717, 1.165) is 22.2 Å². The number of nitrogens with one attached hydrogen (secondary N) is 1. The fraction of sp³-hybridized carbons (Fsp3) is 0.118. The second-order valence-electron chi connectivity index (χ2n) is 4.80. The Hall–Kier alpha value is -2.42. The van der Waals surface area contributed by atoms with Crippen LogP contribution in [0, 0.1) is 5.82 Å². The maximum Gasteiger partial charge on any atom is 0.123 e. The van der Waals surface area contributed by atoms with Crippen LogP contribution < -0.4 is 5.32 Å². The van der Waals surface area contributed by atoms with Crippen molar-refractivity contribution >= 4 is 16.6 Å².